The molecule has 0 unspecified atom stereocenters. The van der Waals surface area contributed by atoms with Gasteiger partial charge >= 0.3 is 0 Å². The maximum atomic E-state index is 14.1. The molecular weight excluding hydrogens is 445 g/mol. The first-order valence-corrected chi connectivity index (χ1v) is 11.6. The summed E-state index contributed by atoms with van der Waals surface area (Å²) in [6.45, 7) is 2.31. The summed E-state index contributed by atoms with van der Waals surface area (Å²) in [6, 6.07) is 15.8. The van der Waals surface area contributed by atoms with Crippen LogP contribution in [0.3, 0.4) is 0 Å². The molecule has 0 aliphatic rings. The van der Waals surface area contributed by atoms with E-state index in [0.717, 1.165) is 6.07 Å². The number of carbonyl (C=O) groups is 1. The number of rotatable bonds is 7. The van der Waals surface area contributed by atoms with Crippen LogP contribution in [0.15, 0.2) is 82.7 Å². The lowest BCUT2D eigenvalue weighted by molar-refractivity contribution is 0.103. The van der Waals surface area contributed by atoms with Gasteiger partial charge in [-0.3, -0.25) is 9.78 Å². The second-order valence-electron chi connectivity index (χ2n) is 7.13. The Kier molecular flexibility index (Phi) is 6.11. The molecule has 0 aliphatic carbocycles. The van der Waals surface area contributed by atoms with Crippen LogP contribution in [0, 0.1) is 5.82 Å². The first-order valence-electron chi connectivity index (χ1n) is 10.1. The number of benzene rings is 3. The molecule has 1 aromatic heterocycles. The van der Waals surface area contributed by atoms with Crippen LogP contribution in [0.25, 0.3) is 10.9 Å². The number of hydrogen-bond acceptors (Lipinski definition) is 6. The Balaban J connectivity index is 1.93. The monoisotopic (exact) mass is 465 g/mol. The summed E-state index contributed by atoms with van der Waals surface area (Å²) in [6.07, 6.45) is 1.22. The van der Waals surface area contributed by atoms with Crippen molar-refractivity contribution in [1.82, 2.24) is 4.98 Å². The molecule has 168 valence electrons. The summed E-state index contributed by atoms with van der Waals surface area (Å²) in [5, 5.41) is 0.0302. The number of sulfone groups is 1. The van der Waals surface area contributed by atoms with Gasteiger partial charge in [-0.1, -0.05) is 0 Å². The van der Waals surface area contributed by atoms with Crippen molar-refractivity contribution in [1.29, 1.82) is 0 Å². The fraction of sp³-hybridized carbons (Fsp3) is 0.120. The van der Waals surface area contributed by atoms with Crippen LogP contribution in [-0.4, -0.2) is 32.9 Å². The summed E-state index contributed by atoms with van der Waals surface area (Å²) < 4.78 is 52.0. The molecule has 4 rings (SSSR count). The van der Waals surface area contributed by atoms with Gasteiger partial charge < -0.3 is 9.47 Å². The first kappa shape index (κ1) is 22.4. The Hall–Kier alpha value is -3.78. The van der Waals surface area contributed by atoms with Crippen molar-refractivity contribution in [2.24, 2.45) is 0 Å². The van der Waals surface area contributed by atoms with Crippen molar-refractivity contribution in [3.63, 3.8) is 0 Å². The van der Waals surface area contributed by atoms with E-state index in [0.29, 0.717) is 18.1 Å². The van der Waals surface area contributed by atoms with Crippen LogP contribution in [-0.2, 0) is 9.84 Å². The van der Waals surface area contributed by atoms with Crippen LogP contribution in [0.2, 0.25) is 0 Å². The SMILES string of the molecule is CCOc1ccc(C(=O)c2cnc3ccc(F)cc3c2S(=O)(=O)c2ccc(OC)cc2)cc1. The molecule has 4 aromatic rings. The van der Waals surface area contributed by atoms with Gasteiger partial charge in [0.25, 0.3) is 0 Å². The molecule has 0 saturated carbocycles. The highest BCUT2D eigenvalue weighted by Gasteiger charge is 2.29. The van der Waals surface area contributed by atoms with Crippen LogP contribution in [0.5, 0.6) is 11.5 Å². The maximum absolute atomic E-state index is 14.1. The number of carbonyl (C=O) groups excluding carboxylic acids is 1. The van der Waals surface area contributed by atoms with Crippen LogP contribution < -0.4 is 9.47 Å². The van der Waals surface area contributed by atoms with Gasteiger partial charge in [-0.2, -0.15) is 0 Å². The van der Waals surface area contributed by atoms with Gasteiger partial charge in [0.05, 0.1) is 34.6 Å². The van der Waals surface area contributed by atoms with E-state index in [4.69, 9.17) is 9.47 Å². The lowest BCUT2D eigenvalue weighted by Crippen LogP contribution is -2.13. The average molecular weight is 466 g/mol. The minimum atomic E-state index is -4.22. The van der Waals surface area contributed by atoms with Crippen molar-refractivity contribution in [2.45, 2.75) is 16.7 Å². The fourth-order valence-corrected chi connectivity index (χ4v) is 5.11. The highest BCUT2D eigenvalue weighted by molar-refractivity contribution is 7.91. The van der Waals surface area contributed by atoms with Gasteiger partial charge in [0, 0.05) is 17.1 Å². The predicted molar refractivity (Wildman–Crippen MR) is 121 cm³/mol. The van der Waals surface area contributed by atoms with Crippen LogP contribution in [0.1, 0.15) is 22.8 Å². The van der Waals surface area contributed by atoms with E-state index in [9.17, 15) is 17.6 Å². The standard InChI is InChI=1S/C25H20FNO5S/c1-3-32-19-7-4-16(5-8-19)24(28)22-15-27-23-13-6-17(26)14-21(23)25(22)33(29,30)20-11-9-18(31-2)10-12-20/h4-15H,3H2,1-2H3. The highest BCUT2D eigenvalue weighted by atomic mass is 32.2. The third kappa shape index (κ3) is 4.29. The van der Waals surface area contributed by atoms with E-state index in [1.165, 1.54) is 49.7 Å². The quantitative estimate of drug-likeness (QED) is 0.363. The summed E-state index contributed by atoms with van der Waals surface area (Å²) in [5.74, 6) is -0.131. The van der Waals surface area contributed by atoms with Gasteiger partial charge in [-0.05, 0) is 73.7 Å². The number of halogens is 1. The second kappa shape index (κ2) is 8.99. The number of ketones is 1. The van der Waals surface area contributed by atoms with E-state index in [1.807, 2.05) is 6.92 Å². The summed E-state index contributed by atoms with van der Waals surface area (Å²) >= 11 is 0. The molecule has 0 spiro atoms. The average Bonchev–Trinajstić information content (AvgIpc) is 2.83. The number of aromatic nitrogens is 1. The molecule has 1 heterocycles. The Labute approximate surface area is 190 Å². The van der Waals surface area contributed by atoms with Gasteiger partial charge in [0.15, 0.2) is 5.78 Å². The van der Waals surface area contributed by atoms with E-state index < -0.39 is 21.4 Å². The molecule has 0 atom stereocenters. The molecule has 0 saturated heterocycles. The second-order valence-corrected chi connectivity index (χ2v) is 9.01. The van der Waals surface area contributed by atoms with Crippen molar-refractivity contribution in [2.75, 3.05) is 13.7 Å². The molecule has 0 aliphatic heterocycles. The number of ether oxygens (including phenoxy) is 2. The topological polar surface area (TPSA) is 82.6 Å². The Morgan fingerprint density at radius 1 is 0.970 bits per heavy atom. The third-order valence-corrected chi connectivity index (χ3v) is 6.96. The van der Waals surface area contributed by atoms with Gasteiger partial charge in [0.1, 0.15) is 17.3 Å². The Bertz CT molecular complexity index is 1430. The normalized spacial score (nSPS) is 11.4. The zero-order valence-electron chi connectivity index (χ0n) is 17.9. The largest absolute Gasteiger partial charge is 0.497 e. The molecule has 0 N–H and O–H groups in total. The molecule has 0 bridgehead atoms. The summed E-state index contributed by atoms with van der Waals surface area (Å²) in [4.78, 5) is 17.2. The molecule has 0 fully saturated rings. The number of nitrogens with zero attached hydrogens (tertiary/aromatic N) is 1. The van der Waals surface area contributed by atoms with Gasteiger partial charge in [0.2, 0.25) is 9.84 Å². The van der Waals surface area contributed by atoms with Crippen molar-refractivity contribution in [3.05, 3.63) is 89.9 Å². The van der Waals surface area contributed by atoms with E-state index in [2.05, 4.69) is 4.98 Å². The van der Waals surface area contributed by atoms with E-state index >= 15 is 0 Å². The van der Waals surface area contributed by atoms with E-state index in [1.54, 1.807) is 24.3 Å². The lowest BCUT2D eigenvalue weighted by Gasteiger charge is -2.14. The lowest BCUT2D eigenvalue weighted by atomic mass is 10.0. The third-order valence-electron chi connectivity index (χ3n) is 5.09. The van der Waals surface area contributed by atoms with Gasteiger partial charge in [-0.25, -0.2) is 12.8 Å². The van der Waals surface area contributed by atoms with Gasteiger partial charge in [-0.15, -0.1) is 0 Å². The molecule has 6 nitrogen and oxygen atoms in total. The summed E-state index contributed by atoms with van der Waals surface area (Å²) in [5.41, 5.74) is 0.363. The van der Waals surface area contributed by atoms with Crippen LogP contribution in [0.4, 0.5) is 4.39 Å². The predicted octanol–water partition coefficient (Wildman–Crippen LogP) is 4.85. The minimum Gasteiger partial charge on any atom is -0.497 e. The molecule has 33 heavy (non-hydrogen) atoms. The van der Waals surface area contributed by atoms with Crippen molar-refractivity contribution < 1.29 is 27.1 Å². The molecule has 3 aromatic carbocycles. The molecule has 0 amide bonds. The Morgan fingerprint density at radius 2 is 1.64 bits per heavy atom. The zero-order chi connectivity index (χ0) is 23.6. The molecule has 8 heteroatoms. The number of fused-ring (bicyclic) bond motifs is 1. The maximum Gasteiger partial charge on any atom is 0.208 e. The van der Waals surface area contributed by atoms with Crippen LogP contribution >= 0.6 is 0 Å². The Morgan fingerprint density at radius 3 is 2.27 bits per heavy atom. The number of hydrogen-bond donors (Lipinski definition) is 0. The minimum absolute atomic E-state index is 0.0302. The number of methoxy groups -OCH3 is 1. The molecular formula is C25H20FNO5S. The smallest absolute Gasteiger partial charge is 0.208 e. The summed E-state index contributed by atoms with van der Waals surface area (Å²) in [7, 11) is -2.75. The molecule has 0 radical (unpaired) electrons. The first-order chi connectivity index (χ1) is 15.8. The van der Waals surface area contributed by atoms with E-state index in [-0.39, 0.29) is 31.8 Å². The number of pyridine rings is 1. The van der Waals surface area contributed by atoms with Crippen molar-refractivity contribution >= 4 is 26.5 Å². The highest BCUT2D eigenvalue weighted by Crippen LogP contribution is 2.33. The fourth-order valence-electron chi connectivity index (χ4n) is 3.49. The van der Waals surface area contributed by atoms with Crippen molar-refractivity contribution in [3.8, 4) is 11.5 Å². The zero-order valence-corrected chi connectivity index (χ0v) is 18.7.